The predicted molar refractivity (Wildman–Crippen MR) is 72.5 cm³/mol. The quantitative estimate of drug-likeness (QED) is 0.681. The van der Waals surface area contributed by atoms with Crippen molar-refractivity contribution >= 4 is 12.0 Å². The van der Waals surface area contributed by atoms with Crippen LogP contribution in [0.25, 0.3) is 0 Å². The third kappa shape index (κ3) is 4.97. The van der Waals surface area contributed by atoms with Crippen LogP contribution in [0.1, 0.15) is 33.6 Å². The van der Waals surface area contributed by atoms with Crippen molar-refractivity contribution in [2.75, 3.05) is 19.7 Å². The molecule has 0 spiro atoms. The molecule has 7 nitrogen and oxygen atoms in total. The second-order valence-corrected chi connectivity index (χ2v) is 5.72. The second-order valence-electron chi connectivity index (χ2n) is 5.72. The molecule has 116 valence electrons. The Morgan fingerprint density at radius 3 is 2.65 bits per heavy atom. The zero-order chi connectivity index (χ0) is 15.3. The zero-order valence-corrected chi connectivity index (χ0v) is 12.3. The van der Waals surface area contributed by atoms with Gasteiger partial charge in [0.05, 0.1) is 37.8 Å². The Balaban J connectivity index is 2.63. The Hall–Kier alpha value is -1.34. The lowest BCUT2D eigenvalue weighted by molar-refractivity contribution is -0.139. The molecule has 0 aromatic heterocycles. The summed E-state index contributed by atoms with van der Waals surface area (Å²) >= 11 is 0. The SMILES string of the molecule is CCC(CC(=O)O)NC(=O)N1CC(CO)OC(C)(C)C1. The summed E-state index contributed by atoms with van der Waals surface area (Å²) < 4.78 is 5.63. The van der Waals surface area contributed by atoms with E-state index >= 15 is 0 Å². The van der Waals surface area contributed by atoms with E-state index in [9.17, 15) is 14.7 Å². The number of rotatable bonds is 5. The highest BCUT2D eigenvalue weighted by atomic mass is 16.5. The summed E-state index contributed by atoms with van der Waals surface area (Å²) in [5.41, 5.74) is -0.530. The topological polar surface area (TPSA) is 99.1 Å². The zero-order valence-electron chi connectivity index (χ0n) is 12.3. The van der Waals surface area contributed by atoms with Crippen molar-refractivity contribution in [3.63, 3.8) is 0 Å². The minimum absolute atomic E-state index is 0.0978. The average Bonchev–Trinajstić information content (AvgIpc) is 2.35. The van der Waals surface area contributed by atoms with Crippen LogP contribution in [0.3, 0.4) is 0 Å². The van der Waals surface area contributed by atoms with Gasteiger partial charge in [-0.3, -0.25) is 4.79 Å². The number of ether oxygens (including phenoxy) is 1. The Bertz CT molecular complexity index is 359. The van der Waals surface area contributed by atoms with Crippen molar-refractivity contribution in [3.05, 3.63) is 0 Å². The third-order valence-corrected chi connectivity index (χ3v) is 3.21. The minimum Gasteiger partial charge on any atom is -0.481 e. The molecule has 7 heteroatoms. The number of hydrogen-bond donors (Lipinski definition) is 3. The normalized spacial score (nSPS) is 23.2. The highest BCUT2D eigenvalue weighted by Crippen LogP contribution is 2.21. The van der Waals surface area contributed by atoms with Crippen LogP contribution < -0.4 is 5.32 Å². The van der Waals surface area contributed by atoms with Crippen LogP contribution in [0.5, 0.6) is 0 Å². The number of aliphatic hydroxyl groups is 1. The number of amides is 2. The molecule has 1 heterocycles. The van der Waals surface area contributed by atoms with Gasteiger partial charge in [-0.1, -0.05) is 6.92 Å². The summed E-state index contributed by atoms with van der Waals surface area (Å²) in [5.74, 6) is -0.937. The number of hydrogen-bond acceptors (Lipinski definition) is 4. The summed E-state index contributed by atoms with van der Waals surface area (Å²) in [7, 11) is 0. The molecule has 3 N–H and O–H groups in total. The molecule has 0 aliphatic carbocycles. The molecule has 2 amide bonds. The van der Waals surface area contributed by atoms with Gasteiger partial charge in [0.25, 0.3) is 0 Å². The molecule has 20 heavy (non-hydrogen) atoms. The summed E-state index contributed by atoms with van der Waals surface area (Å²) in [6.45, 7) is 6.08. The number of nitrogens with one attached hydrogen (secondary N) is 1. The smallest absolute Gasteiger partial charge is 0.317 e. The summed E-state index contributed by atoms with van der Waals surface area (Å²) in [5, 5.41) is 20.7. The summed E-state index contributed by atoms with van der Waals surface area (Å²) in [6, 6.07) is -0.702. The molecule has 0 bridgehead atoms. The van der Waals surface area contributed by atoms with Crippen LogP contribution in [-0.2, 0) is 9.53 Å². The van der Waals surface area contributed by atoms with Crippen molar-refractivity contribution in [1.29, 1.82) is 0 Å². The summed E-state index contributed by atoms with van der Waals surface area (Å²) in [6.07, 6.45) is 0.0401. The van der Waals surface area contributed by atoms with E-state index in [0.29, 0.717) is 19.5 Å². The van der Waals surface area contributed by atoms with Crippen LogP contribution in [-0.4, -0.2) is 64.6 Å². The number of carboxylic acids is 1. The van der Waals surface area contributed by atoms with Gasteiger partial charge < -0.3 is 25.2 Å². The first-order chi connectivity index (χ1) is 9.27. The van der Waals surface area contributed by atoms with Gasteiger partial charge in [0.1, 0.15) is 0 Å². The molecule has 0 aromatic rings. The fourth-order valence-electron chi connectivity index (χ4n) is 2.32. The van der Waals surface area contributed by atoms with Crippen LogP contribution in [0, 0.1) is 0 Å². The second kappa shape index (κ2) is 6.90. The van der Waals surface area contributed by atoms with E-state index in [4.69, 9.17) is 9.84 Å². The highest BCUT2D eigenvalue weighted by Gasteiger charge is 2.35. The molecule has 1 aliphatic heterocycles. The molecule has 0 radical (unpaired) electrons. The molecular formula is C13H24N2O5. The fourth-order valence-corrected chi connectivity index (χ4v) is 2.32. The molecule has 1 aliphatic rings. The molecule has 1 fully saturated rings. The Morgan fingerprint density at radius 2 is 2.15 bits per heavy atom. The van der Waals surface area contributed by atoms with Gasteiger partial charge in [0.2, 0.25) is 0 Å². The number of morpholine rings is 1. The van der Waals surface area contributed by atoms with Gasteiger partial charge in [-0.05, 0) is 20.3 Å². The minimum atomic E-state index is -0.937. The maximum absolute atomic E-state index is 12.2. The van der Waals surface area contributed by atoms with Crippen LogP contribution in [0.15, 0.2) is 0 Å². The van der Waals surface area contributed by atoms with Crippen molar-refractivity contribution in [2.45, 2.75) is 51.4 Å². The Labute approximate surface area is 118 Å². The average molecular weight is 288 g/mol. The number of urea groups is 1. The predicted octanol–water partition coefficient (Wildman–Crippen LogP) is 0.421. The standard InChI is InChI=1S/C13H24N2O5/c1-4-9(5-11(17)18)14-12(19)15-6-10(7-16)20-13(2,3)8-15/h9-10,16H,4-8H2,1-3H3,(H,14,19)(H,17,18). The first-order valence-electron chi connectivity index (χ1n) is 6.83. The van der Waals surface area contributed by atoms with E-state index in [1.165, 1.54) is 0 Å². The van der Waals surface area contributed by atoms with Gasteiger partial charge in [0, 0.05) is 6.04 Å². The molecule has 1 saturated heterocycles. The molecule has 2 atom stereocenters. The third-order valence-electron chi connectivity index (χ3n) is 3.21. The van der Waals surface area contributed by atoms with E-state index in [0.717, 1.165) is 0 Å². The van der Waals surface area contributed by atoms with Crippen molar-refractivity contribution in [1.82, 2.24) is 10.2 Å². The van der Waals surface area contributed by atoms with Crippen LogP contribution >= 0.6 is 0 Å². The van der Waals surface area contributed by atoms with E-state index in [1.807, 2.05) is 20.8 Å². The van der Waals surface area contributed by atoms with Crippen molar-refractivity contribution in [3.8, 4) is 0 Å². The van der Waals surface area contributed by atoms with Gasteiger partial charge in [-0.25, -0.2) is 4.79 Å². The number of carbonyl (C=O) groups excluding carboxylic acids is 1. The molecule has 0 aromatic carbocycles. The lowest BCUT2D eigenvalue weighted by Gasteiger charge is -2.42. The maximum Gasteiger partial charge on any atom is 0.317 e. The number of aliphatic hydroxyl groups excluding tert-OH is 1. The molecule has 0 saturated carbocycles. The fraction of sp³-hybridized carbons (Fsp3) is 0.846. The summed E-state index contributed by atoms with van der Waals surface area (Å²) in [4.78, 5) is 24.5. The Morgan fingerprint density at radius 1 is 1.50 bits per heavy atom. The van der Waals surface area contributed by atoms with Crippen molar-refractivity contribution < 1.29 is 24.5 Å². The van der Waals surface area contributed by atoms with Crippen LogP contribution in [0.2, 0.25) is 0 Å². The van der Waals surface area contributed by atoms with E-state index in [1.54, 1.807) is 4.90 Å². The highest BCUT2D eigenvalue weighted by molar-refractivity contribution is 5.76. The number of carbonyl (C=O) groups is 2. The largest absolute Gasteiger partial charge is 0.481 e. The first kappa shape index (κ1) is 16.7. The number of aliphatic carboxylic acids is 1. The molecule has 2 unspecified atom stereocenters. The van der Waals surface area contributed by atoms with Gasteiger partial charge in [-0.15, -0.1) is 0 Å². The molecule has 1 rings (SSSR count). The molecular weight excluding hydrogens is 264 g/mol. The first-order valence-corrected chi connectivity index (χ1v) is 6.83. The van der Waals surface area contributed by atoms with Crippen LogP contribution in [0.4, 0.5) is 4.79 Å². The van der Waals surface area contributed by atoms with Gasteiger partial charge >= 0.3 is 12.0 Å². The van der Waals surface area contributed by atoms with Gasteiger partial charge in [-0.2, -0.15) is 0 Å². The Kier molecular flexibility index (Phi) is 5.76. The monoisotopic (exact) mass is 288 g/mol. The van der Waals surface area contributed by atoms with E-state index in [-0.39, 0.29) is 19.1 Å². The maximum atomic E-state index is 12.2. The lowest BCUT2D eigenvalue weighted by atomic mass is 10.1. The number of nitrogens with zero attached hydrogens (tertiary/aromatic N) is 1. The van der Waals surface area contributed by atoms with E-state index < -0.39 is 23.7 Å². The van der Waals surface area contributed by atoms with Crippen molar-refractivity contribution in [2.24, 2.45) is 0 Å². The lowest BCUT2D eigenvalue weighted by Crippen LogP contribution is -2.58. The van der Waals surface area contributed by atoms with E-state index in [2.05, 4.69) is 5.32 Å². The number of carboxylic acid groups (broad SMARTS) is 1. The van der Waals surface area contributed by atoms with Gasteiger partial charge in [0.15, 0.2) is 0 Å².